The highest BCUT2D eigenvalue weighted by Crippen LogP contribution is 2.28. The predicted octanol–water partition coefficient (Wildman–Crippen LogP) is 3.41. The molecule has 0 saturated heterocycles. The topological polar surface area (TPSA) is 88.6 Å². The molecule has 0 aliphatic heterocycles. The van der Waals surface area contributed by atoms with Crippen molar-refractivity contribution in [2.24, 2.45) is 5.10 Å². The molecule has 0 amide bonds. The standard InChI is InChI=1S/C19H26N4O3/c1-5-7-10-26-16-9-8-15(11-17(16)25-6-2)12-20-23-19-21-14(4)13(3)18(24)22-19/h8-9,11-12H,5-7,10H2,1-4H3,(H2,21,22,23,24)/b20-12-. The van der Waals surface area contributed by atoms with Gasteiger partial charge in [0.15, 0.2) is 11.5 Å². The lowest BCUT2D eigenvalue weighted by Crippen LogP contribution is -2.15. The fourth-order valence-corrected chi connectivity index (χ4v) is 2.18. The van der Waals surface area contributed by atoms with Gasteiger partial charge in [0, 0.05) is 11.3 Å². The van der Waals surface area contributed by atoms with E-state index in [2.05, 4.69) is 27.4 Å². The molecule has 2 rings (SSSR count). The fourth-order valence-electron chi connectivity index (χ4n) is 2.18. The highest BCUT2D eigenvalue weighted by Gasteiger charge is 2.06. The SMILES string of the molecule is CCCCOc1ccc(/C=N\Nc2nc(C)c(C)c(=O)[nH]2)cc1OCC. The predicted molar refractivity (Wildman–Crippen MR) is 104 cm³/mol. The molecular formula is C19H26N4O3. The van der Waals surface area contributed by atoms with Gasteiger partial charge in [-0.25, -0.2) is 10.4 Å². The summed E-state index contributed by atoms with van der Waals surface area (Å²) in [4.78, 5) is 18.6. The van der Waals surface area contributed by atoms with Gasteiger partial charge >= 0.3 is 0 Å². The van der Waals surface area contributed by atoms with Crippen LogP contribution < -0.4 is 20.5 Å². The molecule has 7 heteroatoms. The number of unbranched alkanes of at least 4 members (excludes halogenated alkanes) is 1. The van der Waals surface area contributed by atoms with Gasteiger partial charge in [0.05, 0.1) is 19.4 Å². The van der Waals surface area contributed by atoms with E-state index in [1.807, 2.05) is 25.1 Å². The Morgan fingerprint density at radius 3 is 2.73 bits per heavy atom. The van der Waals surface area contributed by atoms with Crippen LogP contribution in [0.2, 0.25) is 0 Å². The average molecular weight is 358 g/mol. The zero-order chi connectivity index (χ0) is 18.9. The highest BCUT2D eigenvalue weighted by atomic mass is 16.5. The summed E-state index contributed by atoms with van der Waals surface area (Å²) in [5.41, 5.74) is 4.67. The van der Waals surface area contributed by atoms with E-state index in [-0.39, 0.29) is 5.56 Å². The summed E-state index contributed by atoms with van der Waals surface area (Å²) in [6.07, 6.45) is 3.71. The maximum atomic E-state index is 11.7. The molecule has 1 aromatic carbocycles. The van der Waals surface area contributed by atoms with Crippen molar-refractivity contribution in [1.29, 1.82) is 0 Å². The number of aryl methyl sites for hydroxylation is 1. The Morgan fingerprint density at radius 2 is 2.04 bits per heavy atom. The molecule has 2 aromatic rings. The van der Waals surface area contributed by atoms with Crippen LogP contribution in [0.4, 0.5) is 5.95 Å². The van der Waals surface area contributed by atoms with Gasteiger partial charge in [0.2, 0.25) is 5.95 Å². The third-order valence-electron chi connectivity index (χ3n) is 3.80. The summed E-state index contributed by atoms with van der Waals surface area (Å²) >= 11 is 0. The number of hydrazone groups is 1. The molecule has 0 unspecified atom stereocenters. The number of aromatic nitrogens is 2. The largest absolute Gasteiger partial charge is 0.490 e. The van der Waals surface area contributed by atoms with Crippen molar-refractivity contribution in [3.8, 4) is 11.5 Å². The number of benzene rings is 1. The van der Waals surface area contributed by atoms with Crippen molar-refractivity contribution in [1.82, 2.24) is 9.97 Å². The fraction of sp³-hybridized carbons (Fsp3) is 0.421. The second kappa shape index (κ2) is 9.60. The van der Waals surface area contributed by atoms with Crippen molar-refractivity contribution in [3.05, 3.63) is 45.4 Å². The minimum atomic E-state index is -0.178. The molecular weight excluding hydrogens is 332 g/mol. The first kappa shape index (κ1) is 19.5. The van der Waals surface area contributed by atoms with Crippen LogP contribution in [-0.2, 0) is 0 Å². The zero-order valence-electron chi connectivity index (χ0n) is 15.8. The van der Waals surface area contributed by atoms with Crippen molar-refractivity contribution in [2.45, 2.75) is 40.5 Å². The summed E-state index contributed by atoms with van der Waals surface area (Å²) in [5.74, 6) is 1.72. The molecule has 0 aliphatic rings. The maximum absolute atomic E-state index is 11.7. The summed E-state index contributed by atoms with van der Waals surface area (Å²) in [5, 5.41) is 4.13. The first-order valence-electron chi connectivity index (χ1n) is 8.81. The van der Waals surface area contributed by atoms with E-state index in [0.29, 0.717) is 36.2 Å². The van der Waals surface area contributed by atoms with Gasteiger partial charge in [-0.15, -0.1) is 0 Å². The molecule has 0 spiro atoms. The maximum Gasteiger partial charge on any atom is 0.255 e. The number of ether oxygens (including phenoxy) is 2. The minimum Gasteiger partial charge on any atom is -0.490 e. The van der Waals surface area contributed by atoms with Crippen LogP contribution in [0.1, 0.15) is 43.5 Å². The second-order valence-corrected chi connectivity index (χ2v) is 5.84. The molecule has 1 heterocycles. The number of hydrogen-bond donors (Lipinski definition) is 2. The number of anilines is 1. The van der Waals surface area contributed by atoms with Gasteiger partial charge in [-0.05, 0) is 51.0 Å². The van der Waals surface area contributed by atoms with Gasteiger partial charge in [-0.2, -0.15) is 5.10 Å². The van der Waals surface area contributed by atoms with Crippen LogP contribution in [0.3, 0.4) is 0 Å². The van der Waals surface area contributed by atoms with Gasteiger partial charge in [-0.3, -0.25) is 9.78 Å². The van der Waals surface area contributed by atoms with Gasteiger partial charge < -0.3 is 9.47 Å². The van der Waals surface area contributed by atoms with Crippen LogP contribution in [0.5, 0.6) is 11.5 Å². The van der Waals surface area contributed by atoms with Gasteiger partial charge in [-0.1, -0.05) is 13.3 Å². The Hall–Kier alpha value is -2.83. The number of aromatic amines is 1. The van der Waals surface area contributed by atoms with Crippen molar-refractivity contribution in [2.75, 3.05) is 18.6 Å². The third-order valence-corrected chi connectivity index (χ3v) is 3.80. The lowest BCUT2D eigenvalue weighted by atomic mass is 10.2. The van der Waals surface area contributed by atoms with E-state index in [9.17, 15) is 4.79 Å². The Balaban J connectivity index is 2.09. The van der Waals surface area contributed by atoms with Crippen molar-refractivity contribution >= 4 is 12.2 Å². The van der Waals surface area contributed by atoms with E-state index < -0.39 is 0 Å². The summed E-state index contributed by atoms with van der Waals surface area (Å²) in [6.45, 7) is 8.78. The van der Waals surface area contributed by atoms with E-state index in [4.69, 9.17) is 9.47 Å². The zero-order valence-corrected chi connectivity index (χ0v) is 15.8. The Bertz CT molecular complexity index is 815. The van der Waals surface area contributed by atoms with Crippen LogP contribution >= 0.6 is 0 Å². The molecule has 0 aliphatic carbocycles. The van der Waals surface area contributed by atoms with E-state index in [1.165, 1.54) is 0 Å². The number of H-pyrrole nitrogens is 1. The Kier molecular flexibility index (Phi) is 7.20. The Morgan fingerprint density at radius 1 is 1.23 bits per heavy atom. The van der Waals surface area contributed by atoms with Crippen LogP contribution in [0.15, 0.2) is 28.1 Å². The average Bonchev–Trinajstić information content (AvgIpc) is 2.62. The molecule has 1 aromatic heterocycles. The first-order chi connectivity index (χ1) is 12.5. The van der Waals surface area contributed by atoms with Crippen molar-refractivity contribution < 1.29 is 9.47 Å². The monoisotopic (exact) mass is 358 g/mol. The lowest BCUT2D eigenvalue weighted by Gasteiger charge is -2.12. The number of nitrogens with zero attached hydrogens (tertiary/aromatic N) is 2. The molecule has 2 N–H and O–H groups in total. The molecule has 7 nitrogen and oxygen atoms in total. The van der Waals surface area contributed by atoms with E-state index in [0.717, 1.165) is 24.2 Å². The first-order valence-corrected chi connectivity index (χ1v) is 8.81. The molecule has 0 radical (unpaired) electrons. The summed E-state index contributed by atoms with van der Waals surface area (Å²) < 4.78 is 11.4. The van der Waals surface area contributed by atoms with Crippen LogP contribution in [0, 0.1) is 13.8 Å². The quantitative estimate of drug-likeness (QED) is 0.407. The molecule has 0 atom stereocenters. The molecule has 26 heavy (non-hydrogen) atoms. The normalized spacial score (nSPS) is 10.9. The van der Waals surface area contributed by atoms with Crippen LogP contribution in [-0.4, -0.2) is 29.4 Å². The third kappa shape index (κ3) is 5.34. The van der Waals surface area contributed by atoms with Gasteiger partial charge in [0.1, 0.15) is 0 Å². The Labute approximate surface area is 153 Å². The highest BCUT2D eigenvalue weighted by molar-refractivity contribution is 5.81. The second-order valence-electron chi connectivity index (χ2n) is 5.84. The molecule has 0 fully saturated rings. The smallest absolute Gasteiger partial charge is 0.255 e. The van der Waals surface area contributed by atoms with Gasteiger partial charge in [0.25, 0.3) is 5.56 Å². The summed E-state index contributed by atoms with van der Waals surface area (Å²) in [7, 11) is 0. The van der Waals surface area contributed by atoms with Crippen molar-refractivity contribution in [3.63, 3.8) is 0 Å². The molecule has 140 valence electrons. The molecule has 0 saturated carbocycles. The van der Waals surface area contributed by atoms with E-state index in [1.54, 1.807) is 20.1 Å². The van der Waals surface area contributed by atoms with E-state index >= 15 is 0 Å². The summed E-state index contributed by atoms with van der Waals surface area (Å²) in [6, 6.07) is 5.64. The minimum absolute atomic E-state index is 0.178. The number of nitrogens with one attached hydrogen (secondary N) is 2. The lowest BCUT2D eigenvalue weighted by molar-refractivity contribution is 0.272. The van der Waals surface area contributed by atoms with Crippen LogP contribution in [0.25, 0.3) is 0 Å². The molecule has 0 bridgehead atoms. The number of hydrogen-bond acceptors (Lipinski definition) is 6. The number of rotatable bonds is 9.